The van der Waals surface area contributed by atoms with Crippen molar-refractivity contribution in [1.82, 2.24) is 9.80 Å². The molecule has 0 unspecified atom stereocenters. The Bertz CT molecular complexity index is 590. The number of carbonyl (C=O) groups is 2. The summed E-state index contributed by atoms with van der Waals surface area (Å²) in [6.45, 7) is 2.28. The minimum absolute atomic E-state index is 0.0529. The number of amides is 2. The van der Waals surface area contributed by atoms with E-state index in [9.17, 15) is 9.59 Å². The molecule has 0 aliphatic carbocycles. The number of carbonyl (C=O) groups excluding carboxylic acids is 2. The number of hydrogen-bond acceptors (Lipinski definition) is 3. The third kappa shape index (κ3) is 3.67. The maximum atomic E-state index is 12.7. The standard InChI is InChI=1S/C17H21ClN2O3/c1-19-7-6-13(10-16(19)21)17(22)20-8-9-23-15(11-20)12-2-4-14(18)5-3-12/h2-5,13,15H,6-11H2,1H3/t13-,15+/m0/s1. The molecule has 1 aromatic rings. The number of benzene rings is 1. The Morgan fingerprint density at radius 1 is 1.26 bits per heavy atom. The first kappa shape index (κ1) is 16.3. The van der Waals surface area contributed by atoms with Crippen LogP contribution in [0.5, 0.6) is 0 Å². The van der Waals surface area contributed by atoms with Crippen LogP contribution in [0, 0.1) is 5.92 Å². The van der Waals surface area contributed by atoms with Gasteiger partial charge in [-0.15, -0.1) is 0 Å². The van der Waals surface area contributed by atoms with Crippen molar-refractivity contribution >= 4 is 23.4 Å². The Labute approximate surface area is 141 Å². The molecule has 0 aromatic heterocycles. The first-order valence-electron chi connectivity index (χ1n) is 7.94. The summed E-state index contributed by atoms with van der Waals surface area (Å²) in [5, 5.41) is 0.683. The molecule has 2 amide bonds. The highest BCUT2D eigenvalue weighted by atomic mass is 35.5. The predicted octanol–water partition coefficient (Wildman–Crippen LogP) is 2.11. The molecule has 0 radical (unpaired) electrons. The van der Waals surface area contributed by atoms with E-state index in [0.29, 0.717) is 37.7 Å². The summed E-state index contributed by atoms with van der Waals surface area (Å²) in [4.78, 5) is 28.1. The summed E-state index contributed by atoms with van der Waals surface area (Å²) in [7, 11) is 1.79. The highest BCUT2D eigenvalue weighted by Crippen LogP contribution is 2.26. The minimum Gasteiger partial charge on any atom is -0.370 e. The summed E-state index contributed by atoms with van der Waals surface area (Å²) in [6.07, 6.45) is 0.925. The van der Waals surface area contributed by atoms with E-state index in [-0.39, 0.29) is 23.8 Å². The summed E-state index contributed by atoms with van der Waals surface area (Å²) in [5.41, 5.74) is 1.02. The van der Waals surface area contributed by atoms with E-state index in [0.717, 1.165) is 12.0 Å². The van der Waals surface area contributed by atoms with E-state index in [1.54, 1.807) is 11.9 Å². The molecule has 0 spiro atoms. The fourth-order valence-corrected chi connectivity index (χ4v) is 3.27. The SMILES string of the molecule is CN1CC[C@H](C(=O)N2CCO[C@@H](c3ccc(Cl)cc3)C2)CC1=O. The van der Waals surface area contributed by atoms with Crippen LogP contribution in [0.3, 0.4) is 0 Å². The van der Waals surface area contributed by atoms with E-state index < -0.39 is 0 Å². The lowest BCUT2D eigenvalue weighted by atomic mass is 9.94. The first-order chi connectivity index (χ1) is 11.0. The summed E-state index contributed by atoms with van der Waals surface area (Å²) < 4.78 is 5.80. The molecule has 2 heterocycles. The van der Waals surface area contributed by atoms with Crippen molar-refractivity contribution in [2.75, 3.05) is 33.3 Å². The molecule has 2 aliphatic heterocycles. The smallest absolute Gasteiger partial charge is 0.226 e. The van der Waals surface area contributed by atoms with Crippen molar-refractivity contribution in [3.05, 3.63) is 34.9 Å². The average Bonchev–Trinajstić information content (AvgIpc) is 2.57. The van der Waals surface area contributed by atoms with Crippen LogP contribution < -0.4 is 0 Å². The van der Waals surface area contributed by atoms with E-state index in [1.165, 1.54) is 0 Å². The van der Waals surface area contributed by atoms with Crippen LogP contribution in [0.4, 0.5) is 0 Å². The minimum atomic E-state index is -0.192. The van der Waals surface area contributed by atoms with Gasteiger partial charge < -0.3 is 14.5 Å². The van der Waals surface area contributed by atoms with Crippen molar-refractivity contribution in [1.29, 1.82) is 0 Å². The lowest BCUT2D eigenvalue weighted by molar-refractivity contribution is -0.149. The van der Waals surface area contributed by atoms with Gasteiger partial charge in [0.2, 0.25) is 11.8 Å². The highest BCUT2D eigenvalue weighted by molar-refractivity contribution is 6.30. The molecule has 0 N–H and O–H groups in total. The molecule has 0 saturated carbocycles. The molecule has 1 aromatic carbocycles. The normalized spacial score (nSPS) is 25.6. The van der Waals surface area contributed by atoms with Gasteiger partial charge in [-0.05, 0) is 24.1 Å². The van der Waals surface area contributed by atoms with E-state index in [2.05, 4.69) is 0 Å². The van der Waals surface area contributed by atoms with Crippen LogP contribution in [-0.2, 0) is 14.3 Å². The lowest BCUT2D eigenvalue weighted by Gasteiger charge is -2.37. The third-order valence-corrected chi connectivity index (χ3v) is 4.88. The monoisotopic (exact) mass is 336 g/mol. The van der Waals surface area contributed by atoms with Gasteiger partial charge in [0.25, 0.3) is 0 Å². The molecule has 3 rings (SSSR count). The van der Waals surface area contributed by atoms with Crippen LogP contribution in [-0.4, -0.2) is 54.9 Å². The molecule has 23 heavy (non-hydrogen) atoms. The number of nitrogens with zero attached hydrogens (tertiary/aromatic N) is 2. The number of halogens is 1. The second kappa shape index (κ2) is 6.89. The molecule has 2 saturated heterocycles. The highest BCUT2D eigenvalue weighted by Gasteiger charge is 2.34. The molecule has 6 heteroatoms. The summed E-state index contributed by atoms with van der Waals surface area (Å²) in [5.74, 6) is -0.0616. The molecule has 124 valence electrons. The Balaban J connectivity index is 1.65. The quantitative estimate of drug-likeness (QED) is 0.831. The Hall–Kier alpha value is -1.59. The van der Waals surface area contributed by atoms with E-state index in [1.807, 2.05) is 29.2 Å². The van der Waals surface area contributed by atoms with Crippen molar-refractivity contribution in [2.24, 2.45) is 5.92 Å². The predicted molar refractivity (Wildman–Crippen MR) is 87.1 cm³/mol. The number of hydrogen-bond donors (Lipinski definition) is 0. The van der Waals surface area contributed by atoms with Gasteiger partial charge in [0.05, 0.1) is 13.2 Å². The maximum absolute atomic E-state index is 12.7. The van der Waals surface area contributed by atoms with E-state index >= 15 is 0 Å². The number of likely N-dealkylation sites (tertiary alicyclic amines) is 1. The zero-order chi connectivity index (χ0) is 16.4. The Morgan fingerprint density at radius 2 is 2.00 bits per heavy atom. The molecular formula is C17H21ClN2O3. The third-order valence-electron chi connectivity index (χ3n) is 4.63. The van der Waals surface area contributed by atoms with Gasteiger partial charge in [0.15, 0.2) is 0 Å². The lowest BCUT2D eigenvalue weighted by Crippen LogP contribution is -2.48. The summed E-state index contributed by atoms with van der Waals surface area (Å²) in [6, 6.07) is 7.52. The van der Waals surface area contributed by atoms with Gasteiger partial charge in [0, 0.05) is 37.5 Å². The zero-order valence-electron chi connectivity index (χ0n) is 13.2. The number of morpholine rings is 1. The fourth-order valence-electron chi connectivity index (χ4n) is 3.14. The van der Waals surface area contributed by atoms with Crippen molar-refractivity contribution in [3.63, 3.8) is 0 Å². The maximum Gasteiger partial charge on any atom is 0.226 e. The number of ether oxygens (including phenoxy) is 1. The number of rotatable bonds is 2. The van der Waals surface area contributed by atoms with Crippen molar-refractivity contribution < 1.29 is 14.3 Å². The van der Waals surface area contributed by atoms with Gasteiger partial charge in [-0.3, -0.25) is 9.59 Å². The van der Waals surface area contributed by atoms with E-state index in [4.69, 9.17) is 16.3 Å². The Kier molecular flexibility index (Phi) is 4.87. The largest absolute Gasteiger partial charge is 0.370 e. The first-order valence-corrected chi connectivity index (χ1v) is 8.32. The topological polar surface area (TPSA) is 49.9 Å². The molecule has 0 bridgehead atoms. The van der Waals surface area contributed by atoms with Crippen LogP contribution in [0.15, 0.2) is 24.3 Å². The second-order valence-corrected chi connectivity index (χ2v) is 6.64. The molecule has 2 aliphatic rings. The second-order valence-electron chi connectivity index (χ2n) is 6.20. The van der Waals surface area contributed by atoms with Crippen LogP contribution in [0.2, 0.25) is 5.02 Å². The molecule has 5 nitrogen and oxygen atoms in total. The average molecular weight is 337 g/mol. The van der Waals surface area contributed by atoms with Gasteiger partial charge >= 0.3 is 0 Å². The fraction of sp³-hybridized carbons (Fsp3) is 0.529. The Morgan fingerprint density at radius 3 is 2.70 bits per heavy atom. The summed E-state index contributed by atoms with van der Waals surface area (Å²) >= 11 is 5.92. The van der Waals surface area contributed by atoms with Crippen molar-refractivity contribution in [2.45, 2.75) is 18.9 Å². The van der Waals surface area contributed by atoms with Gasteiger partial charge in [0.1, 0.15) is 6.10 Å². The van der Waals surface area contributed by atoms with Crippen LogP contribution in [0.1, 0.15) is 24.5 Å². The van der Waals surface area contributed by atoms with Gasteiger partial charge in [-0.2, -0.15) is 0 Å². The zero-order valence-corrected chi connectivity index (χ0v) is 14.0. The molecule has 2 atom stereocenters. The van der Waals surface area contributed by atoms with Crippen molar-refractivity contribution in [3.8, 4) is 0 Å². The van der Waals surface area contributed by atoms with Gasteiger partial charge in [-0.25, -0.2) is 0 Å². The molecule has 2 fully saturated rings. The number of piperidine rings is 1. The van der Waals surface area contributed by atoms with Crippen LogP contribution in [0.25, 0.3) is 0 Å². The van der Waals surface area contributed by atoms with Crippen LogP contribution >= 0.6 is 11.6 Å². The molecular weight excluding hydrogens is 316 g/mol. The van der Waals surface area contributed by atoms with Gasteiger partial charge in [-0.1, -0.05) is 23.7 Å².